The second-order valence-electron chi connectivity index (χ2n) is 6.68. The van der Waals surface area contributed by atoms with E-state index < -0.39 is 12.0 Å². The van der Waals surface area contributed by atoms with Crippen molar-refractivity contribution in [2.45, 2.75) is 38.8 Å². The van der Waals surface area contributed by atoms with Crippen LogP contribution in [0.5, 0.6) is 0 Å². The second kappa shape index (κ2) is 5.62. The topological polar surface area (TPSA) is 70.8 Å². The van der Waals surface area contributed by atoms with Gasteiger partial charge in [0.1, 0.15) is 11.6 Å². The normalized spacial score (nSPS) is 15.4. The number of carboxylic acids is 1. The Morgan fingerprint density at radius 1 is 1.16 bits per heavy atom. The van der Waals surface area contributed by atoms with E-state index in [4.69, 9.17) is 4.42 Å². The van der Waals surface area contributed by atoms with Gasteiger partial charge in [-0.25, -0.2) is 4.79 Å². The smallest absolute Gasteiger partial charge is 0.326 e. The van der Waals surface area contributed by atoms with E-state index in [9.17, 15) is 14.7 Å². The summed E-state index contributed by atoms with van der Waals surface area (Å²) in [4.78, 5) is 25.9. The molecule has 5 heteroatoms. The highest BCUT2D eigenvalue weighted by Crippen LogP contribution is 2.35. The number of carbonyl (C=O) groups is 2. The molecule has 4 rings (SSSR count). The number of nitrogens with zero attached hydrogens (tertiary/aromatic N) is 1. The molecule has 1 heterocycles. The monoisotopic (exact) mass is 337 g/mol. The van der Waals surface area contributed by atoms with Crippen LogP contribution in [0.4, 0.5) is 0 Å². The van der Waals surface area contributed by atoms with Crippen LogP contribution in [-0.2, 0) is 4.79 Å². The molecule has 128 valence electrons. The van der Waals surface area contributed by atoms with Gasteiger partial charge in [0.2, 0.25) is 0 Å². The maximum Gasteiger partial charge on any atom is 0.326 e. The summed E-state index contributed by atoms with van der Waals surface area (Å²) in [5.74, 6) is -1.10. The van der Waals surface area contributed by atoms with Gasteiger partial charge in [0, 0.05) is 22.4 Å². The van der Waals surface area contributed by atoms with E-state index >= 15 is 0 Å². The lowest BCUT2D eigenvalue weighted by Crippen LogP contribution is -2.44. The average molecular weight is 337 g/mol. The third kappa shape index (κ3) is 2.47. The summed E-state index contributed by atoms with van der Waals surface area (Å²) in [6.45, 7) is 3.40. The maximum atomic E-state index is 13.1. The van der Waals surface area contributed by atoms with Crippen LogP contribution in [0.15, 0.2) is 40.8 Å². The van der Waals surface area contributed by atoms with Crippen molar-refractivity contribution in [2.24, 2.45) is 0 Å². The van der Waals surface area contributed by atoms with Crippen LogP contribution in [-0.4, -0.2) is 34.0 Å². The molecule has 1 aliphatic carbocycles. The van der Waals surface area contributed by atoms with Gasteiger partial charge in [-0.05, 0) is 32.1 Å². The highest BCUT2D eigenvalue weighted by atomic mass is 16.4. The molecule has 1 amide bonds. The summed E-state index contributed by atoms with van der Waals surface area (Å²) in [6.07, 6.45) is 1.68. The van der Waals surface area contributed by atoms with Crippen molar-refractivity contribution < 1.29 is 19.1 Å². The van der Waals surface area contributed by atoms with Crippen molar-refractivity contribution in [3.8, 4) is 0 Å². The number of amides is 1. The number of hydrogen-bond acceptors (Lipinski definition) is 3. The zero-order valence-electron chi connectivity index (χ0n) is 14.2. The van der Waals surface area contributed by atoms with Crippen LogP contribution in [0.25, 0.3) is 21.7 Å². The lowest BCUT2D eigenvalue weighted by molar-refractivity contribution is -0.141. The molecular formula is C20H19NO4. The number of carboxylic acid groups (broad SMARTS) is 1. The Bertz CT molecular complexity index is 1000. The highest BCUT2D eigenvalue weighted by Gasteiger charge is 2.40. The van der Waals surface area contributed by atoms with Crippen molar-refractivity contribution in [3.05, 3.63) is 47.7 Å². The van der Waals surface area contributed by atoms with Crippen LogP contribution < -0.4 is 0 Å². The molecule has 3 aromatic rings. The number of hydrogen-bond donors (Lipinski definition) is 1. The molecule has 1 unspecified atom stereocenters. The second-order valence-corrected chi connectivity index (χ2v) is 6.68. The van der Waals surface area contributed by atoms with Crippen molar-refractivity contribution in [3.63, 3.8) is 0 Å². The fourth-order valence-corrected chi connectivity index (χ4v) is 3.40. The van der Waals surface area contributed by atoms with E-state index in [-0.39, 0.29) is 17.7 Å². The van der Waals surface area contributed by atoms with E-state index in [1.807, 2.05) is 43.3 Å². The quantitative estimate of drug-likeness (QED) is 0.782. The molecule has 0 saturated heterocycles. The van der Waals surface area contributed by atoms with Gasteiger partial charge in [-0.1, -0.05) is 36.4 Å². The first kappa shape index (κ1) is 15.7. The zero-order chi connectivity index (χ0) is 17.7. The predicted octanol–water partition coefficient (Wildman–Crippen LogP) is 3.97. The lowest BCUT2D eigenvalue weighted by atomic mass is 10.1. The van der Waals surface area contributed by atoms with Gasteiger partial charge in [-0.15, -0.1) is 0 Å². The molecule has 0 spiro atoms. The first-order chi connectivity index (χ1) is 12.0. The Balaban J connectivity index is 1.85. The van der Waals surface area contributed by atoms with Gasteiger partial charge in [0.05, 0.1) is 0 Å². The molecule has 1 fully saturated rings. The fraction of sp³-hybridized carbons (Fsp3) is 0.300. The molecule has 25 heavy (non-hydrogen) atoms. The molecule has 0 bridgehead atoms. The van der Waals surface area contributed by atoms with E-state index in [0.29, 0.717) is 5.58 Å². The standard InChI is InChI=1S/C20H19NO4/c1-11-15-10-7-13-5-3-4-6-16(13)18(15)25-17(11)19(22)21(14-8-9-14)12(2)20(23)24/h3-7,10,12,14H,8-9H2,1-2H3,(H,23,24). The largest absolute Gasteiger partial charge is 0.480 e. The zero-order valence-corrected chi connectivity index (χ0v) is 14.2. The SMILES string of the molecule is Cc1c(C(=O)N(C2CC2)C(C)C(=O)O)oc2c1ccc1ccccc12. The molecule has 1 aromatic heterocycles. The van der Waals surface area contributed by atoms with Crippen molar-refractivity contribution in [1.29, 1.82) is 0 Å². The number of aliphatic carboxylic acids is 1. The summed E-state index contributed by atoms with van der Waals surface area (Å²) >= 11 is 0. The number of fused-ring (bicyclic) bond motifs is 3. The fourth-order valence-electron chi connectivity index (χ4n) is 3.40. The minimum absolute atomic E-state index is 0.0112. The Hall–Kier alpha value is -2.82. The molecule has 1 N–H and O–H groups in total. The van der Waals surface area contributed by atoms with Gasteiger partial charge >= 0.3 is 5.97 Å². The van der Waals surface area contributed by atoms with E-state index in [0.717, 1.165) is 34.6 Å². The number of carbonyl (C=O) groups excluding carboxylic acids is 1. The Morgan fingerprint density at radius 3 is 2.56 bits per heavy atom. The summed E-state index contributed by atoms with van der Waals surface area (Å²) in [5, 5.41) is 12.2. The van der Waals surface area contributed by atoms with Crippen molar-refractivity contribution in [1.82, 2.24) is 4.90 Å². The Kier molecular flexibility index (Phi) is 3.53. The summed E-state index contributed by atoms with van der Waals surface area (Å²) in [5.41, 5.74) is 1.44. The molecule has 1 atom stereocenters. The Labute approximate surface area is 144 Å². The summed E-state index contributed by atoms with van der Waals surface area (Å²) in [6, 6.07) is 10.9. The van der Waals surface area contributed by atoms with Crippen LogP contribution in [0.3, 0.4) is 0 Å². The summed E-state index contributed by atoms with van der Waals surface area (Å²) in [7, 11) is 0. The first-order valence-electron chi connectivity index (χ1n) is 8.45. The molecule has 1 aliphatic rings. The maximum absolute atomic E-state index is 13.1. The molecule has 5 nitrogen and oxygen atoms in total. The van der Waals surface area contributed by atoms with Gasteiger partial charge in [-0.3, -0.25) is 4.79 Å². The van der Waals surface area contributed by atoms with Crippen LogP contribution in [0, 0.1) is 6.92 Å². The third-order valence-electron chi connectivity index (χ3n) is 4.97. The van der Waals surface area contributed by atoms with Gasteiger partial charge in [0.15, 0.2) is 5.76 Å². The Morgan fingerprint density at radius 2 is 1.88 bits per heavy atom. The van der Waals surface area contributed by atoms with Crippen LogP contribution >= 0.6 is 0 Å². The first-order valence-corrected chi connectivity index (χ1v) is 8.45. The van der Waals surface area contributed by atoms with Crippen LogP contribution in [0.1, 0.15) is 35.9 Å². The summed E-state index contributed by atoms with van der Waals surface area (Å²) < 4.78 is 5.98. The molecule has 1 saturated carbocycles. The lowest BCUT2D eigenvalue weighted by Gasteiger charge is -2.25. The van der Waals surface area contributed by atoms with E-state index in [2.05, 4.69) is 0 Å². The van der Waals surface area contributed by atoms with Crippen molar-refractivity contribution >= 4 is 33.6 Å². The van der Waals surface area contributed by atoms with E-state index in [1.165, 1.54) is 4.90 Å². The molecule has 2 aromatic carbocycles. The van der Waals surface area contributed by atoms with Crippen molar-refractivity contribution in [2.75, 3.05) is 0 Å². The number of rotatable bonds is 4. The minimum atomic E-state index is -1.00. The minimum Gasteiger partial charge on any atom is -0.480 e. The third-order valence-corrected chi connectivity index (χ3v) is 4.97. The van der Waals surface area contributed by atoms with Gasteiger partial charge < -0.3 is 14.4 Å². The molecular weight excluding hydrogens is 318 g/mol. The predicted molar refractivity (Wildman–Crippen MR) is 94.7 cm³/mol. The number of aryl methyl sites for hydroxylation is 1. The van der Waals surface area contributed by atoms with Gasteiger partial charge in [-0.2, -0.15) is 0 Å². The van der Waals surface area contributed by atoms with Gasteiger partial charge in [0.25, 0.3) is 5.91 Å². The average Bonchev–Trinajstić information content (AvgIpc) is 3.37. The number of benzene rings is 2. The van der Waals surface area contributed by atoms with E-state index in [1.54, 1.807) is 6.92 Å². The number of furan rings is 1. The highest BCUT2D eigenvalue weighted by molar-refractivity contribution is 6.09. The molecule has 0 aliphatic heterocycles. The van der Waals surface area contributed by atoms with Crippen LogP contribution in [0.2, 0.25) is 0 Å². The molecule has 0 radical (unpaired) electrons.